The van der Waals surface area contributed by atoms with Crippen LogP contribution in [0.4, 0.5) is 5.13 Å². The van der Waals surface area contributed by atoms with E-state index in [2.05, 4.69) is 23.7 Å². The minimum absolute atomic E-state index is 0.0288. The van der Waals surface area contributed by atoms with Gasteiger partial charge >= 0.3 is 0 Å². The number of fused-ring (bicyclic) bond motifs is 1. The van der Waals surface area contributed by atoms with E-state index in [-0.39, 0.29) is 23.5 Å². The molecule has 10 heteroatoms. The van der Waals surface area contributed by atoms with Gasteiger partial charge in [-0.15, -0.1) is 11.3 Å². The van der Waals surface area contributed by atoms with Gasteiger partial charge in [0.1, 0.15) is 4.83 Å². The van der Waals surface area contributed by atoms with Crippen LogP contribution in [0.3, 0.4) is 0 Å². The number of carbonyl (C=O) groups is 1. The molecule has 0 radical (unpaired) electrons. The van der Waals surface area contributed by atoms with Crippen molar-refractivity contribution in [3.8, 4) is 0 Å². The van der Waals surface area contributed by atoms with Crippen molar-refractivity contribution in [1.82, 2.24) is 15.0 Å². The monoisotopic (exact) mass is 416 g/mol. The van der Waals surface area contributed by atoms with Crippen molar-refractivity contribution >= 4 is 53.1 Å². The zero-order chi connectivity index (χ0) is 19.1. The molecule has 0 saturated carbocycles. The molecule has 1 fully saturated rings. The maximum Gasteiger partial charge on any atom is 0.278 e. The van der Waals surface area contributed by atoms with Gasteiger partial charge < -0.3 is 4.90 Å². The second-order valence-corrected chi connectivity index (χ2v) is 10.8. The minimum atomic E-state index is -3.06. The molecule has 0 spiro atoms. The molecule has 1 atom stereocenters. The largest absolute Gasteiger partial charge is 0.349 e. The van der Waals surface area contributed by atoms with Crippen LogP contribution in [-0.4, -0.2) is 74.1 Å². The van der Waals surface area contributed by atoms with Crippen molar-refractivity contribution in [1.29, 1.82) is 0 Å². The fraction of sp³-hybridized carbons (Fsp3) is 0.625. The lowest BCUT2D eigenvalue weighted by Crippen LogP contribution is -2.49. The van der Waals surface area contributed by atoms with Gasteiger partial charge in [0.15, 0.2) is 15.0 Å². The lowest BCUT2D eigenvalue weighted by molar-refractivity contribution is 0.00148. The predicted octanol–water partition coefficient (Wildman–Crippen LogP) is 2.31. The lowest BCUT2D eigenvalue weighted by Gasteiger charge is -2.33. The third-order valence-electron chi connectivity index (χ3n) is 4.52. The Morgan fingerprint density at radius 1 is 1.27 bits per heavy atom. The molecule has 0 aromatic carbocycles. The summed E-state index contributed by atoms with van der Waals surface area (Å²) < 4.78 is 24.6. The Morgan fingerprint density at radius 3 is 2.46 bits per heavy atom. The fourth-order valence-corrected chi connectivity index (χ4v) is 7.18. The molecule has 3 rings (SSSR count). The molecule has 1 unspecified atom stereocenters. The van der Waals surface area contributed by atoms with E-state index in [0.717, 1.165) is 27.8 Å². The van der Waals surface area contributed by atoms with Gasteiger partial charge in [-0.3, -0.25) is 9.80 Å². The number of anilines is 1. The molecule has 1 aliphatic rings. The molecular weight excluding hydrogens is 392 g/mol. The predicted molar refractivity (Wildman–Crippen MR) is 108 cm³/mol. The molecule has 0 N–H and O–H groups in total. The van der Waals surface area contributed by atoms with Crippen molar-refractivity contribution in [3.63, 3.8) is 0 Å². The Hall–Kier alpha value is -1.23. The summed E-state index contributed by atoms with van der Waals surface area (Å²) in [7, 11) is 0.489. The summed E-state index contributed by atoms with van der Waals surface area (Å²) in [5, 5.41) is 4.24. The Bertz CT molecular complexity index is 868. The third-order valence-corrected chi connectivity index (χ3v) is 8.48. The molecule has 26 heavy (non-hydrogen) atoms. The first-order valence-corrected chi connectivity index (χ1v) is 12.1. The zero-order valence-corrected chi connectivity index (χ0v) is 17.9. The number of hydrogen-bond acceptors (Lipinski definition) is 8. The Kier molecular flexibility index (Phi) is 5.57. The Morgan fingerprint density at radius 2 is 1.96 bits per heavy atom. The Labute approximate surface area is 162 Å². The number of thiazole rings is 1. The van der Waals surface area contributed by atoms with Crippen molar-refractivity contribution in [2.24, 2.45) is 0 Å². The van der Waals surface area contributed by atoms with Crippen molar-refractivity contribution in [2.45, 2.75) is 26.3 Å². The van der Waals surface area contributed by atoms with Gasteiger partial charge in [0.05, 0.1) is 27.1 Å². The summed E-state index contributed by atoms with van der Waals surface area (Å²) in [6.45, 7) is 5.98. The second kappa shape index (κ2) is 7.41. The summed E-state index contributed by atoms with van der Waals surface area (Å²) >= 11 is 2.96. The van der Waals surface area contributed by atoms with E-state index in [0.29, 0.717) is 11.3 Å². The lowest BCUT2D eigenvalue weighted by atomic mass is 10.2. The highest BCUT2D eigenvalue weighted by Gasteiger charge is 2.37. The quantitative estimate of drug-likeness (QED) is 0.673. The van der Waals surface area contributed by atoms with Gasteiger partial charge in [-0.2, -0.15) is 0 Å². The topological polar surface area (TPSA) is 73.8 Å². The van der Waals surface area contributed by atoms with E-state index in [1.807, 2.05) is 6.07 Å². The maximum atomic E-state index is 13.0. The number of carbonyl (C=O) groups excluding carboxylic acids is 1. The minimum Gasteiger partial charge on any atom is -0.349 e. The van der Waals surface area contributed by atoms with E-state index in [9.17, 15) is 13.2 Å². The molecule has 3 heterocycles. The summed E-state index contributed by atoms with van der Waals surface area (Å²) in [5.41, 5.74) is 0. The summed E-state index contributed by atoms with van der Waals surface area (Å²) in [6, 6.07) is 1.58. The van der Waals surface area contributed by atoms with Gasteiger partial charge in [-0.05, 0) is 26.3 Å². The van der Waals surface area contributed by atoms with Crippen molar-refractivity contribution in [2.75, 3.05) is 43.6 Å². The number of sulfone groups is 1. The highest BCUT2D eigenvalue weighted by Crippen LogP contribution is 2.35. The van der Waals surface area contributed by atoms with Gasteiger partial charge in [0, 0.05) is 27.2 Å². The van der Waals surface area contributed by atoms with Gasteiger partial charge in [-0.25, -0.2) is 18.4 Å². The van der Waals surface area contributed by atoms with Crippen LogP contribution in [0.15, 0.2) is 6.07 Å². The van der Waals surface area contributed by atoms with E-state index in [1.54, 1.807) is 35.4 Å². The van der Waals surface area contributed by atoms with Crippen LogP contribution in [0.25, 0.3) is 9.53 Å². The van der Waals surface area contributed by atoms with Crippen LogP contribution < -0.4 is 4.90 Å². The van der Waals surface area contributed by atoms with Crippen LogP contribution in [-0.2, 0) is 9.84 Å². The van der Waals surface area contributed by atoms with Crippen LogP contribution in [0.5, 0.6) is 0 Å². The molecule has 1 amide bonds. The molecule has 144 valence electrons. The normalized spacial score (nSPS) is 19.3. The van der Waals surface area contributed by atoms with E-state index in [4.69, 9.17) is 0 Å². The van der Waals surface area contributed by atoms with Crippen molar-refractivity contribution < 1.29 is 13.2 Å². The van der Waals surface area contributed by atoms with Crippen LogP contribution in [0, 0.1) is 0 Å². The van der Waals surface area contributed by atoms with Gasteiger partial charge in [-0.1, -0.05) is 11.3 Å². The van der Waals surface area contributed by atoms with Crippen LogP contribution in [0.2, 0.25) is 0 Å². The van der Waals surface area contributed by atoms with Crippen LogP contribution >= 0.6 is 22.7 Å². The second-order valence-electron chi connectivity index (χ2n) is 6.50. The molecule has 7 nitrogen and oxygen atoms in total. The molecule has 0 bridgehead atoms. The number of thiophene rings is 1. The molecular formula is C16H24N4O3S3. The number of nitrogens with zero attached hydrogens (tertiary/aromatic N) is 4. The summed E-state index contributed by atoms with van der Waals surface area (Å²) in [6.07, 6.45) is 0.482. The number of hydrazine groups is 1. The maximum absolute atomic E-state index is 13.0. The average molecular weight is 417 g/mol. The zero-order valence-electron chi connectivity index (χ0n) is 15.4. The first-order valence-electron chi connectivity index (χ1n) is 8.62. The number of amides is 1. The van der Waals surface area contributed by atoms with E-state index in [1.165, 1.54) is 11.3 Å². The standard InChI is InChI=1S/C16H24N4O3S3/c1-5-19(6-2)16-17-14-12(25-16)9-13(24-14)15(21)20(18(3)4)11-7-8-26(22,23)10-11/h9,11H,5-8,10H2,1-4H3. The Balaban J connectivity index is 1.86. The highest BCUT2D eigenvalue weighted by atomic mass is 32.2. The van der Waals surface area contributed by atoms with Gasteiger partial charge in [0.25, 0.3) is 5.91 Å². The third kappa shape index (κ3) is 3.73. The summed E-state index contributed by atoms with van der Waals surface area (Å²) in [5.74, 6) is 0.0154. The van der Waals surface area contributed by atoms with E-state index < -0.39 is 9.84 Å². The summed E-state index contributed by atoms with van der Waals surface area (Å²) in [4.78, 5) is 21.4. The first kappa shape index (κ1) is 19.5. The molecule has 1 saturated heterocycles. The molecule has 1 aliphatic heterocycles. The van der Waals surface area contributed by atoms with E-state index >= 15 is 0 Å². The van der Waals surface area contributed by atoms with Crippen LogP contribution in [0.1, 0.15) is 29.9 Å². The fourth-order valence-electron chi connectivity index (χ4n) is 3.21. The molecule has 2 aromatic heterocycles. The first-order chi connectivity index (χ1) is 12.3. The van der Waals surface area contributed by atoms with Gasteiger partial charge in [0.2, 0.25) is 0 Å². The van der Waals surface area contributed by atoms with Crippen molar-refractivity contribution in [3.05, 3.63) is 10.9 Å². The molecule has 2 aromatic rings. The highest BCUT2D eigenvalue weighted by molar-refractivity contribution is 7.91. The SMILES string of the molecule is CCN(CC)c1nc2sc(C(=O)N(C3CCS(=O)(=O)C3)N(C)C)cc2s1. The number of rotatable bonds is 6. The number of aromatic nitrogens is 1. The molecule has 0 aliphatic carbocycles. The average Bonchev–Trinajstić information content (AvgIpc) is 3.21. The number of hydrogen-bond donors (Lipinski definition) is 0. The smallest absolute Gasteiger partial charge is 0.278 e.